The highest BCUT2D eigenvalue weighted by molar-refractivity contribution is 5.79. The van der Waals surface area contributed by atoms with Gasteiger partial charge in [0, 0.05) is 12.6 Å². The molecule has 8 heteroatoms. The van der Waals surface area contributed by atoms with Crippen LogP contribution in [0.4, 0.5) is 11.9 Å². The minimum Gasteiger partial charge on any atom is -0.464 e. The molecule has 0 saturated carbocycles. The summed E-state index contributed by atoms with van der Waals surface area (Å²) in [4.78, 5) is 25.5. The Hall–Kier alpha value is -2.12. The number of aromatic nitrogens is 3. The van der Waals surface area contributed by atoms with E-state index in [2.05, 4.69) is 20.3 Å². The van der Waals surface area contributed by atoms with Crippen LogP contribution in [0.2, 0.25) is 0 Å². The highest BCUT2D eigenvalue weighted by Gasteiger charge is 2.18. The number of amides is 1. The maximum absolute atomic E-state index is 11.2. The van der Waals surface area contributed by atoms with Crippen LogP contribution in [0.25, 0.3) is 0 Å². The van der Waals surface area contributed by atoms with E-state index in [9.17, 15) is 4.79 Å². The van der Waals surface area contributed by atoms with Gasteiger partial charge in [-0.2, -0.15) is 15.0 Å². The standard InChI is InChI=1S/C12H22N6O2/c1-5-14-10-15-11(17-12(16-10)20-6-2)18(8(3)4)7-9(13)19/h8H,5-7H2,1-4H3,(H2,13,19)(H,14,15,16,17). The summed E-state index contributed by atoms with van der Waals surface area (Å²) in [5, 5.41) is 3.01. The molecule has 1 aromatic heterocycles. The number of nitrogens with one attached hydrogen (secondary N) is 1. The van der Waals surface area contributed by atoms with Crippen molar-refractivity contribution in [2.24, 2.45) is 5.73 Å². The molecule has 0 aliphatic heterocycles. The van der Waals surface area contributed by atoms with Gasteiger partial charge >= 0.3 is 6.01 Å². The zero-order valence-corrected chi connectivity index (χ0v) is 12.4. The molecule has 0 aromatic carbocycles. The molecular weight excluding hydrogens is 260 g/mol. The molecule has 1 aromatic rings. The first-order chi connectivity index (χ1) is 9.47. The maximum Gasteiger partial charge on any atom is 0.323 e. The van der Waals surface area contributed by atoms with Crippen molar-refractivity contribution >= 4 is 17.8 Å². The Labute approximate surface area is 118 Å². The number of anilines is 2. The van der Waals surface area contributed by atoms with Crippen LogP contribution < -0.4 is 20.7 Å². The molecule has 0 radical (unpaired) electrons. The minimum atomic E-state index is -0.443. The summed E-state index contributed by atoms with van der Waals surface area (Å²) < 4.78 is 5.32. The third kappa shape index (κ3) is 4.52. The van der Waals surface area contributed by atoms with Crippen LogP contribution in [-0.4, -0.2) is 46.6 Å². The summed E-state index contributed by atoms with van der Waals surface area (Å²) in [6, 6.07) is 0.248. The Bertz CT molecular complexity index is 427. The Kier molecular flexibility index (Phi) is 5.95. The van der Waals surface area contributed by atoms with E-state index in [0.717, 1.165) is 0 Å². The summed E-state index contributed by atoms with van der Waals surface area (Å²) in [6.45, 7) is 8.81. The highest BCUT2D eigenvalue weighted by Crippen LogP contribution is 2.17. The van der Waals surface area contributed by atoms with Crippen molar-refractivity contribution in [1.82, 2.24) is 15.0 Å². The van der Waals surface area contributed by atoms with Crippen LogP contribution in [0.5, 0.6) is 6.01 Å². The predicted molar refractivity (Wildman–Crippen MR) is 76.8 cm³/mol. The SMILES string of the molecule is CCNc1nc(OCC)nc(N(CC(N)=O)C(C)C)n1. The van der Waals surface area contributed by atoms with Crippen LogP contribution in [0, 0.1) is 0 Å². The molecular formula is C12H22N6O2. The van der Waals surface area contributed by atoms with Gasteiger partial charge in [0.2, 0.25) is 17.8 Å². The van der Waals surface area contributed by atoms with Crippen molar-refractivity contribution in [3.63, 3.8) is 0 Å². The van der Waals surface area contributed by atoms with E-state index in [-0.39, 0.29) is 18.6 Å². The molecule has 1 rings (SSSR count). The molecule has 0 bridgehead atoms. The number of rotatable bonds is 8. The largest absolute Gasteiger partial charge is 0.464 e. The van der Waals surface area contributed by atoms with Crippen LogP contribution in [0.1, 0.15) is 27.7 Å². The molecule has 112 valence electrons. The summed E-state index contributed by atoms with van der Waals surface area (Å²) in [7, 11) is 0. The average Bonchev–Trinajstić information content (AvgIpc) is 2.36. The smallest absolute Gasteiger partial charge is 0.323 e. The third-order valence-corrected chi connectivity index (χ3v) is 2.42. The zero-order valence-electron chi connectivity index (χ0n) is 12.4. The van der Waals surface area contributed by atoms with Gasteiger partial charge in [-0.25, -0.2) is 0 Å². The van der Waals surface area contributed by atoms with E-state index in [1.165, 1.54) is 0 Å². The molecule has 8 nitrogen and oxygen atoms in total. The second-order valence-corrected chi connectivity index (χ2v) is 4.39. The summed E-state index contributed by atoms with van der Waals surface area (Å²) in [6.07, 6.45) is 0. The summed E-state index contributed by atoms with van der Waals surface area (Å²) in [5.41, 5.74) is 5.26. The van der Waals surface area contributed by atoms with Crippen LogP contribution >= 0.6 is 0 Å². The Morgan fingerprint density at radius 2 is 2.05 bits per heavy atom. The lowest BCUT2D eigenvalue weighted by Crippen LogP contribution is -2.39. The number of carbonyl (C=O) groups excluding carboxylic acids is 1. The molecule has 0 atom stereocenters. The molecule has 3 N–H and O–H groups in total. The van der Waals surface area contributed by atoms with Gasteiger partial charge in [-0.05, 0) is 27.7 Å². The predicted octanol–water partition coefficient (Wildman–Crippen LogP) is 0.402. The lowest BCUT2D eigenvalue weighted by Gasteiger charge is -2.25. The molecule has 0 saturated heterocycles. The van der Waals surface area contributed by atoms with E-state index in [4.69, 9.17) is 10.5 Å². The monoisotopic (exact) mass is 282 g/mol. The molecule has 0 unspecified atom stereocenters. The lowest BCUT2D eigenvalue weighted by atomic mass is 10.3. The zero-order chi connectivity index (χ0) is 15.1. The first-order valence-corrected chi connectivity index (χ1v) is 6.65. The van der Waals surface area contributed by atoms with Crippen molar-refractivity contribution in [3.8, 4) is 6.01 Å². The lowest BCUT2D eigenvalue weighted by molar-refractivity contribution is -0.116. The fraction of sp³-hybridized carbons (Fsp3) is 0.667. The Morgan fingerprint density at radius 1 is 1.35 bits per heavy atom. The number of primary amides is 1. The van der Waals surface area contributed by atoms with Gasteiger partial charge in [0.05, 0.1) is 13.2 Å². The van der Waals surface area contributed by atoms with E-state index in [1.54, 1.807) is 4.90 Å². The van der Waals surface area contributed by atoms with Gasteiger partial charge in [-0.3, -0.25) is 4.79 Å². The Morgan fingerprint density at radius 3 is 2.55 bits per heavy atom. The maximum atomic E-state index is 11.2. The van der Waals surface area contributed by atoms with Crippen molar-refractivity contribution in [1.29, 1.82) is 0 Å². The number of hydrogen-bond acceptors (Lipinski definition) is 7. The van der Waals surface area contributed by atoms with Crippen LogP contribution in [0.15, 0.2) is 0 Å². The summed E-state index contributed by atoms with van der Waals surface area (Å²) >= 11 is 0. The van der Waals surface area contributed by atoms with Gasteiger partial charge in [0.1, 0.15) is 0 Å². The first-order valence-electron chi connectivity index (χ1n) is 6.65. The average molecular weight is 282 g/mol. The number of ether oxygens (including phenoxy) is 1. The fourth-order valence-corrected chi connectivity index (χ4v) is 1.56. The van der Waals surface area contributed by atoms with Crippen molar-refractivity contribution in [3.05, 3.63) is 0 Å². The normalized spacial score (nSPS) is 10.4. The van der Waals surface area contributed by atoms with E-state index in [1.807, 2.05) is 27.7 Å². The second-order valence-electron chi connectivity index (χ2n) is 4.39. The highest BCUT2D eigenvalue weighted by atomic mass is 16.5. The number of carbonyl (C=O) groups is 1. The molecule has 0 aliphatic rings. The summed E-state index contributed by atoms with van der Waals surface area (Å²) in [5.74, 6) is 0.339. The topological polar surface area (TPSA) is 106 Å². The second kappa shape index (κ2) is 7.46. The molecule has 20 heavy (non-hydrogen) atoms. The van der Waals surface area contributed by atoms with Gasteiger partial charge in [0.15, 0.2) is 0 Å². The Balaban J connectivity index is 3.13. The number of hydrogen-bond donors (Lipinski definition) is 2. The van der Waals surface area contributed by atoms with Crippen LogP contribution in [-0.2, 0) is 4.79 Å². The minimum absolute atomic E-state index is 0.0221. The molecule has 1 amide bonds. The van der Waals surface area contributed by atoms with Crippen molar-refractivity contribution in [2.45, 2.75) is 33.7 Å². The quantitative estimate of drug-likeness (QED) is 0.710. The fourth-order valence-electron chi connectivity index (χ4n) is 1.56. The molecule has 0 aliphatic carbocycles. The molecule has 1 heterocycles. The third-order valence-electron chi connectivity index (χ3n) is 2.42. The van der Waals surface area contributed by atoms with Gasteiger partial charge in [0.25, 0.3) is 0 Å². The van der Waals surface area contributed by atoms with Gasteiger partial charge in [-0.15, -0.1) is 0 Å². The number of nitrogens with two attached hydrogens (primary N) is 1. The van der Waals surface area contributed by atoms with Gasteiger partial charge < -0.3 is 20.7 Å². The molecule has 0 fully saturated rings. The molecule has 0 spiro atoms. The number of nitrogens with zero attached hydrogens (tertiary/aromatic N) is 4. The van der Waals surface area contributed by atoms with Crippen molar-refractivity contribution in [2.75, 3.05) is 29.9 Å². The van der Waals surface area contributed by atoms with Gasteiger partial charge in [-0.1, -0.05) is 0 Å². The van der Waals surface area contributed by atoms with Crippen LogP contribution in [0.3, 0.4) is 0 Å². The van der Waals surface area contributed by atoms with E-state index < -0.39 is 5.91 Å². The van der Waals surface area contributed by atoms with E-state index in [0.29, 0.717) is 25.0 Å². The first kappa shape index (κ1) is 15.9. The van der Waals surface area contributed by atoms with Crippen molar-refractivity contribution < 1.29 is 9.53 Å². The van der Waals surface area contributed by atoms with E-state index >= 15 is 0 Å².